The lowest BCUT2D eigenvalue weighted by Gasteiger charge is -2.01. The number of unbranched alkanes of at least 4 members (excludes halogenated alkanes) is 1. The van der Waals surface area contributed by atoms with Crippen LogP contribution in [0.5, 0.6) is 0 Å². The van der Waals surface area contributed by atoms with Crippen LogP contribution in [0.1, 0.15) is 31.9 Å². The Bertz CT molecular complexity index is 550. The molecule has 0 aliphatic rings. The summed E-state index contributed by atoms with van der Waals surface area (Å²) >= 11 is 6.04. The van der Waals surface area contributed by atoms with Gasteiger partial charge in [0.1, 0.15) is 10.8 Å². The average Bonchev–Trinajstić information content (AvgIpc) is 2.78. The third kappa shape index (κ3) is 3.01. The second kappa shape index (κ2) is 5.87. The van der Waals surface area contributed by atoms with E-state index in [0.29, 0.717) is 18.1 Å². The van der Waals surface area contributed by atoms with Gasteiger partial charge in [0, 0.05) is 12.6 Å². The lowest BCUT2D eigenvalue weighted by Crippen LogP contribution is -2.22. The molecule has 0 fully saturated rings. The van der Waals surface area contributed by atoms with Gasteiger partial charge in [0.15, 0.2) is 0 Å². The number of hydrogen-bond acceptors (Lipinski definition) is 2. The molecule has 0 spiro atoms. The molecule has 0 atom stereocenters. The molecule has 2 aromatic heterocycles. The molecular formula is C13H16ClN3O. The smallest absolute Gasteiger partial charge is 0.220 e. The monoisotopic (exact) mass is 265 g/mol. The molecule has 18 heavy (non-hydrogen) atoms. The minimum absolute atomic E-state index is 0.0694. The van der Waals surface area contributed by atoms with Crippen LogP contribution in [0.4, 0.5) is 0 Å². The van der Waals surface area contributed by atoms with Crippen LogP contribution in [0.2, 0.25) is 5.15 Å². The maximum atomic E-state index is 11.5. The van der Waals surface area contributed by atoms with E-state index < -0.39 is 0 Å². The zero-order valence-corrected chi connectivity index (χ0v) is 11.1. The predicted molar refractivity (Wildman–Crippen MR) is 71.6 cm³/mol. The second-order valence-corrected chi connectivity index (χ2v) is 4.58. The van der Waals surface area contributed by atoms with Crippen molar-refractivity contribution in [1.29, 1.82) is 0 Å². The third-order valence-electron chi connectivity index (χ3n) is 2.72. The molecule has 0 aromatic carbocycles. The van der Waals surface area contributed by atoms with Crippen LogP contribution in [0.3, 0.4) is 0 Å². The van der Waals surface area contributed by atoms with Gasteiger partial charge in [-0.05, 0) is 18.6 Å². The van der Waals surface area contributed by atoms with Crippen molar-refractivity contribution in [3.8, 4) is 0 Å². The Morgan fingerprint density at radius 2 is 2.33 bits per heavy atom. The van der Waals surface area contributed by atoms with Gasteiger partial charge in [0.05, 0.1) is 12.2 Å². The van der Waals surface area contributed by atoms with E-state index >= 15 is 0 Å². The summed E-state index contributed by atoms with van der Waals surface area (Å²) < 4.78 is 1.80. The number of pyridine rings is 1. The number of aromatic nitrogens is 2. The molecule has 5 heteroatoms. The number of imidazole rings is 1. The van der Waals surface area contributed by atoms with E-state index in [9.17, 15) is 4.79 Å². The van der Waals surface area contributed by atoms with Crippen LogP contribution in [0.15, 0.2) is 24.4 Å². The molecule has 0 saturated carbocycles. The highest BCUT2D eigenvalue weighted by Gasteiger charge is 2.05. The summed E-state index contributed by atoms with van der Waals surface area (Å²) in [5.74, 6) is 0.0694. The van der Waals surface area contributed by atoms with E-state index in [1.807, 2.05) is 18.3 Å². The SMILES string of the molecule is CCCCC(=O)NCc1cn2c(Cl)cccc2n1. The normalized spacial score (nSPS) is 10.8. The number of hydrogen-bond donors (Lipinski definition) is 1. The van der Waals surface area contributed by atoms with Crippen LogP contribution in [-0.4, -0.2) is 15.3 Å². The van der Waals surface area contributed by atoms with Crippen LogP contribution in [0.25, 0.3) is 5.65 Å². The van der Waals surface area contributed by atoms with Gasteiger partial charge in [-0.3, -0.25) is 9.20 Å². The lowest BCUT2D eigenvalue weighted by molar-refractivity contribution is -0.121. The molecule has 1 N–H and O–H groups in total. The van der Waals surface area contributed by atoms with E-state index in [4.69, 9.17) is 11.6 Å². The Balaban J connectivity index is 2.00. The van der Waals surface area contributed by atoms with Crippen molar-refractivity contribution in [2.45, 2.75) is 32.7 Å². The zero-order chi connectivity index (χ0) is 13.0. The van der Waals surface area contributed by atoms with Gasteiger partial charge >= 0.3 is 0 Å². The van der Waals surface area contributed by atoms with Crippen LogP contribution in [0, 0.1) is 0 Å². The van der Waals surface area contributed by atoms with Crippen LogP contribution >= 0.6 is 11.6 Å². The number of nitrogens with one attached hydrogen (secondary N) is 1. The molecule has 0 aliphatic heterocycles. The first-order chi connectivity index (χ1) is 8.70. The van der Waals surface area contributed by atoms with Crippen molar-refractivity contribution in [2.75, 3.05) is 0 Å². The zero-order valence-electron chi connectivity index (χ0n) is 10.3. The quantitative estimate of drug-likeness (QED) is 0.845. The number of nitrogens with zero attached hydrogens (tertiary/aromatic N) is 2. The number of carbonyl (C=O) groups excluding carboxylic acids is 1. The second-order valence-electron chi connectivity index (χ2n) is 4.19. The minimum atomic E-state index is 0.0694. The van der Waals surface area contributed by atoms with Gasteiger partial charge in [0.25, 0.3) is 0 Å². The largest absolute Gasteiger partial charge is 0.350 e. The molecule has 0 bridgehead atoms. The molecule has 0 radical (unpaired) electrons. The number of amides is 1. The van der Waals surface area contributed by atoms with Crippen molar-refractivity contribution >= 4 is 23.2 Å². The molecule has 2 heterocycles. The van der Waals surface area contributed by atoms with Crippen molar-refractivity contribution in [1.82, 2.24) is 14.7 Å². The molecular weight excluding hydrogens is 250 g/mol. The summed E-state index contributed by atoms with van der Waals surface area (Å²) in [7, 11) is 0. The summed E-state index contributed by atoms with van der Waals surface area (Å²) in [6, 6.07) is 5.54. The van der Waals surface area contributed by atoms with E-state index in [2.05, 4.69) is 17.2 Å². The van der Waals surface area contributed by atoms with Crippen LogP contribution < -0.4 is 5.32 Å². The van der Waals surface area contributed by atoms with Gasteiger partial charge in [0.2, 0.25) is 5.91 Å². The van der Waals surface area contributed by atoms with Gasteiger partial charge in [-0.2, -0.15) is 0 Å². The highest BCUT2D eigenvalue weighted by molar-refractivity contribution is 6.29. The highest BCUT2D eigenvalue weighted by atomic mass is 35.5. The number of halogens is 1. The molecule has 2 rings (SSSR count). The summed E-state index contributed by atoms with van der Waals surface area (Å²) in [4.78, 5) is 15.9. The van der Waals surface area contributed by atoms with E-state index in [-0.39, 0.29) is 5.91 Å². The first-order valence-electron chi connectivity index (χ1n) is 6.10. The Labute approximate surface area is 111 Å². The first-order valence-corrected chi connectivity index (χ1v) is 6.47. The molecule has 0 aliphatic carbocycles. The summed E-state index contributed by atoms with van der Waals surface area (Å²) in [5, 5.41) is 3.47. The van der Waals surface area contributed by atoms with Gasteiger partial charge in [-0.1, -0.05) is 31.0 Å². The molecule has 0 unspecified atom stereocenters. The van der Waals surface area contributed by atoms with Gasteiger partial charge in [-0.15, -0.1) is 0 Å². The molecule has 2 aromatic rings. The van der Waals surface area contributed by atoms with Crippen molar-refractivity contribution in [3.63, 3.8) is 0 Å². The summed E-state index contributed by atoms with van der Waals surface area (Å²) in [5.41, 5.74) is 1.60. The number of rotatable bonds is 5. The first kappa shape index (κ1) is 12.9. The number of fused-ring (bicyclic) bond motifs is 1. The van der Waals surface area contributed by atoms with Crippen molar-refractivity contribution < 1.29 is 4.79 Å². The Morgan fingerprint density at radius 1 is 1.50 bits per heavy atom. The number of carbonyl (C=O) groups is 1. The fraction of sp³-hybridized carbons (Fsp3) is 0.385. The third-order valence-corrected chi connectivity index (χ3v) is 3.02. The molecule has 1 amide bonds. The topological polar surface area (TPSA) is 46.4 Å². The highest BCUT2D eigenvalue weighted by Crippen LogP contribution is 2.13. The molecule has 0 saturated heterocycles. The van der Waals surface area contributed by atoms with Gasteiger partial charge < -0.3 is 5.32 Å². The minimum Gasteiger partial charge on any atom is -0.350 e. The fourth-order valence-electron chi connectivity index (χ4n) is 1.73. The van der Waals surface area contributed by atoms with E-state index in [0.717, 1.165) is 24.2 Å². The lowest BCUT2D eigenvalue weighted by atomic mass is 10.2. The summed E-state index contributed by atoms with van der Waals surface area (Å²) in [6.45, 7) is 2.51. The van der Waals surface area contributed by atoms with Crippen LogP contribution in [-0.2, 0) is 11.3 Å². The maximum absolute atomic E-state index is 11.5. The Morgan fingerprint density at radius 3 is 3.06 bits per heavy atom. The average molecular weight is 266 g/mol. The Kier molecular flexibility index (Phi) is 4.20. The van der Waals surface area contributed by atoms with Gasteiger partial charge in [-0.25, -0.2) is 4.98 Å². The predicted octanol–water partition coefficient (Wildman–Crippen LogP) is 2.79. The maximum Gasteiger partial charge on any atom is 0.220 e. The molecule has 4 nitrogen and oxygen atoms in total. The van der Waals surface area contributed by atoms with E-state index in [1.54, 1.807) is 10.5 Å². The molecule has 96 valence electrons. The van der Waals surface area contributed by atoms with Crippen molar-refractivity contribution in [2.24, 2.45) is 0 Å². The Hall–Kier alpha value is -1.55. The van der Waals surface area contributed by atoms with E-state index in [1.165, 1.54) is 0 Å². The summed E-state index contributed by atoms with van der Waals surface area (Å²) in [6.07, 6.45) is 4.36. The standard InChI is InChI=1S/C13H16ClN3O/c1-2-3-7-13(18)15-8-10-9-17-11(14)5-4-6-12(17)16-10/h4-6,9H,2-3,7-8H2,1H3,(H,15,18). The fourth-order valence-corrected chi connectivity index (χ4v) is 1.94. The van der Waals surface area contributed by atoms with Crippen molar-refractivity contribution in [3.05, 3.63) is 35.2 Å².